The molecule has 0 radical (unpaired) electrons. The SMILES string of the molecule is O=C1COc2ccc(C(=O)COC(=O)C3=Cc4cc(Cl)ccc4OC3)cc2N1. The van der Waals surface area contributed by atoms with Gasteiger partial charge in [0.15, 0.2) is 19.0 Å². The second kappa shape index (κ2) is 7.36. The monoisotopic (exact) mass is 399 g/mol. The van der Waals surface area contributed by atoms with E-state index in [2.05, 4.69) is 5.32 Å². The van der Waals surface area contributed by atoms with Crippen LogP contribution in [-0.4, -0.2) is 37.5 Å². The number of carbonyl (C=O) groups is 3. The summed E-state index contributed by atoms with van der Waals surface area (Å²) in [6, 6.07) is 9.72. The van der Waals surface area contributed by atoms with Crippen LogP contribution in [0.3, 0.4) is 0 Å². The van der Waals surface area contributed by atoms with Crippen LogP contribution < -0.4 is 14.8 Å². The lowest BCUT2D eigenvalue weighted by Crippen LogP contribution is -2.25. The Morgan fingerprint density at radius 1 is 1.07 bits per heavy atom. The van der Waals surface area contributed by atoms with Gasteiger partial charge in [0.2, 0.25) is 0 Å². The van der Waals surface area contributed by atoms with Crippen molar-refractivity contribution in [1.29, 1.82) is 0 Å². The zero-order chi connectivity index (χ0) is 19.7. The van der Waals surface area contributed by atoms with Crippen LogP contribution >= 0.6 is 11.6 Å². The van der Waals surface area contributed by atoms with Crippen LogP contribution in [0.2, 0.25) is 5.02 Å². The fraction of sp³-hybridized carbons (Fsp3) is 0.150. The maximum atomic E-state index is 12.3. The molecule has 1 amide bonds. The van der Waals surface area contributed by atoms with Crippen molar-refractivity contribution in [2.45, 2.75) is 0 Å². The van der Waals surface area contributed by atoms with Crippen molar-refractivity contribution in [3.05, 3.63) is 58.1 Å². The Labute approximate surface area is 164 Å². The van der Waals surface area contributed by atoms with E-state index in [9.17, 15) is 14.4 Å². The highest BCUT2D eigenvalue weighted by atomic mass is 35.5. The van der Waals surface area contributed by atoms with E-state index >= 15 is 0 Å². The van der Waals surface area contributed by atoms with Crippen LogP contribution in [0.15, 0.2) is 42.0 Å². The van der Waals surface area contributed by atoms with E-state index in [1.165, 1.54) is 6.07 Å². The molecule has 0 unspecified atom stereocenters. The number of carbonyl (C=O) groups excluding carboxylic acids is 3. The first-order valence-electron chi connectivity index (χ1n) is 8.39. The Hall–Kier alpha value is -3.32. The number of benzene rings is 2. The summed E-state index contributed by atoms with van der Waals surface area (Å²) in [6.45, 7) is -0.459. The first-order chi connectivity index (χ1) is 13.5. The quantitative estimate of drug-likeness (QED) is 0.628. The molecule has 0 aromatic heterocycles. The molecule has 0 spiro atoms. The summed E-state index contributed by atoms with van der Waals surface area (Å²) in [5.41, 5.74) is 1.66. The predicted molar refractivity (Wildman–Crippen MR) is 101 cm³/mol. The Morgan fingerprint density at radius 2 is 1.86 bits per heavy atom. The first-order valence-corrected chi connectivity index (χ1v) is 8.77. The van der Waals surface area contributed by atoms with E-state index in [0.717, 1.165) is 0 Å². The number of ether oxygens (including phenoxy) is 3. The lowest BCUT2D eigenvalue weighted by atomic mass is 10.1. The number of hydrogen-bond acceptors (Lipinski definition) is 6. The summed E-state index contributed by atoms with van der Waals surface area (Å²) in [7, 11) is 0. The maximum absolute atomic E-state index is 12.3. The van der Waals surface area contributed by atoms with Gasteiger partial charge in [-0.1, -0.05) is 11.6 Å². The number of amides is 1. The highest BCUT2D eigenvalue weighted by molar-refractivity contribution is 6.30. The molecular weight excluding hydrogens is 386 g/mol. The van der Waals surface area contributed by atoms with Crippen molar-refractivity contribution in [1.82, 2.24) is 0 Å². The molecule has 0 saturated carbocycles. The number of anilines is 1. The predicted octanol–water partition coefficient (Wildman–Crippen LogP) is 2.87. The number of halogens is 1. The van der Waals surface area contributed by atoms with E-state index in [0.29, 0.717) is 33.3 Å². The number of esters is 1. The number of nitrogens with one attached hydrogen (secondary N) is 1. The van der Waals surface area contributed by atoms with Crippen molar-refractivity contribution >= 4 is 41.0 Å². The minimum Gasteiger partial charge on any atom is -0.488 e. The number of Topliss-reactive ketones (excluding diaryl/α,β-unsaturated/α-hetero) is 1. The lowest BCUT2D eigenvalue weighted by molar-refractivity contribution is -0.138. The van der Waals surface area contributed by atoms with Gasteiger partial charge in [0.1, 0.15) is 18.1 Å². The minimum absolute atomic E-state index is 0.0455. The Balaban J connectivity index is 1.42. The summed E-state index contributed by atoms with van der Waals surface area (Å²) in [4.78, 5) is 36.0. The molecule has 28 heavy (non-hydrogen) atoms. The Kier molecular flexibility index (Phi) is 4.75. The second-order valence-electron chi connectivity index (χ2n) is 6.19. The van der Waals surface area contributed by atoms with Gasteiger partial charge in [0, 0.05) is 16.1 Å². The molecule has 2 aromatic rings. The van der Waals surface area contributed by atoms with E-state index in [4.69, 9.17) is 25.8 Å². The van der Waals surface area contributed by atoms with Crippen LogP contribution in [0.5, 0.6) is 11.5 Å². The number of hydrogen-bond donors (Lipinski definition) is 1. The fourth-order valence-corrected chi connectivity index (χ4v) is 3.01. The summed E-state index contributed by atoms with van der Waals surface area (Å²) in [5, 5.41) is 3.15. The van der Waals surface area contributed by atoms with Crippen molar-refractivity contribution in [2.75, 3.05) is 25.1 Å². The fourth-order valence-electron chi connectivity index (χ4n) is 2.83. The van der Waals surface area contributed by atoms with Crippen LogP contribution in [-0.2, 0) is 14.3 Å². The Bertz CT molecular complexity index is 1030. The average molecular weight is 400 g/mol. The molecule has 1 N–H and O–H groups in total. The summed E-state index contributed by atoms with van der Waals surface area (Å²) < 4.78 is 15.9. The minimum atomic E-state index is -0.645. The first kappa shape index (κ1) is 18.1. The molecule has 142 valence electrons. The smallest absolute Gasteiger partial charge is 0.337 e. The van der Waals surface area contributed by atoms with Crippen LogP contribution in [0, 0.1) is 0 Å². The molecule has 0 atom stereocenters. The maximum Gasteiger partial charge on any atom is 0.337 e. The summed E-state index contributed by atoms with van der Waals surface area (Å²) >= 11 is 5.95. The molecule has 0 aliphatic carbocycles. The number of ketones is 1. The number of rotatable bonds is 4. The van der Waals surface area contributed by atoms with E-state index in [1.807, 2.05) is 0 Å². The molecule has 0 saturated heterocycles. The molecule has 2 aromatic carbocycles. The molecule has 0 fully saturated rings. The van der Waals surface area contributed by atoms with E-state index in [1.54, 1.807) is 36.4 Å². The van der Waals surface area contributed by atoms with Gasteiger partial charge in [-0.3, -0.25) is 9.59 Å². The molecule has 8 heteroatoms. The standard InChI is InChI=1S/C20H14ClNO6/c21-14-2-4-17-12(6-14)5-13(8-26-17)20(25)28-9-16(23)11-1-3-18-15(7-11)22-19(24)10-27-18/h1-7H,8-10H2,(H,22,24). The van der Waals surface area contributed by atoms with Crippen LogP contribution in [0.25, 0.3) is 6.08 Å². The lowest BCUT2D eigenvalue weighted by Gasteiger charge is -2.18. The van der Waals surface area contributed by atoms with Gasteiger partial charge in [-0.2, -0.15) is 0 Å². The molecule has 7 nitrogen and oxygen atoms in total. The van der Waals surface area contributed by atoms with Crippen molar-refractivity contribution in [3.63, 3.8) is 0 Å². The third kappa shape index (κ3) is 3.70. The van der Waals surface area contributed by atoms with Gasteiger partial charge in [-0.25, -0.2) is 4.79 Å². The third-order valence-electron chi connectivity index (χ3n) is 4.22. The largest absolute Gasteiger partial charge is 0.488 e. The van der Waals surface area contributed by atoms with Crippen molar-refractivity contribution in [2.24, 2.45) is 0 Å². The zero-order valence-corrected chi connectivity index (χ0v) is 15.2. The molecule has 2 aliphatic heterocycles. The van der Waals surface area contributed by atoms with Gasteiger partial charge in [-0.15, -0.1) is 0 Å². The zero-order valence-electron chi connectivity index (χ0n) is 14.5. The van der Waals surface area contributed by atoms with Gasteiger partial charge >= 0.3 is 5.97 Å². The van der Waals surface area contributed by atoms with Crippen molar-refractivity contribution in [3.8, 4) is 11.5 Å². The van der Waals surface area contributed by atoms with E-state index < -0.39 is 18.4 Å². The van der Waals surface area contributed by atoms with Gasteiger partial charge < -0.3 is 19.5 Å². The third-order valence-corrected chi connectivity index (χ3v) is 4.45. The highest BCUT2D eigenvalue weighted by Gasteiger charge is 2.21. The highest BCUT2D eigenvalue weighted by Crippen LogP contribution is 2.30. The molecule has 2 heterocycles. The van der Waals surface area contributed by atoms with Gasteiger partial charge in [0.25, 0.3) is 5.91 Å². The topological polar surface area (TPSA) is 90.9 Å². The van der Waals surface area contributed by atoms with E-state index in [-0.39, 0.29) is 24.7 Å². The molecule has 4 rings (SSSR count). The molecule has 2 aliphatic rings. The number of fused-ring (bicyclic) bond motifs is 2. The van der Waals surface area contributed by atoms with Gasteiger partial charge in [-0.05, 0) is 42.5 Å². The average Bonchev–Trinajstić information content (AvgIpc) is 2.70. The van der Waals surface area contributed by atoms with Crippen LogP contribution in [0.1, 0.15) is 15.9 Å². The Morgan fingerprint density at radius 3 is 2.71 bits per heavy atom. The molecule has 0 bridgehead atoms. The van der Waals surface area contributed by atoms with Crippen molar-refractivity contribution < 1.29 is 28.6 Å². The molecular formula is C20H14ClNO6. The second-order valence-corrected chi connectivity index (χ2v) is 6.62. The summed E-state index contributed by atoms with van der Waals surface area (Å²) in [6.07, 6.45) is 1.63. The summed E-state index contributed by atoms with van der Waals surface area (Å²) in [5.74, 6) is -0.246. The van der Waals surface area contributed by atoms with Crippen LogP contribution in [0.4, 0.5) is 5.69 Å². The van der Waals surface area contributed by atoms with Gasteiger partial charge in [0.05, 0.1) is 11.3 Å². The normalized spacial score (nSPS) is 14.5.